The number of amides is 2. The van der Waals surface area contributed by atoms with Crippen LogP contribution in [0.2, 0.25) is 0 Å². The minimum absolute atomic E-state index is 0.0773. The Morgan fingerprint density at radius 1 is 1.12 bits per heavy atom. The van der Waals surface area contributed by atoms with Gasteiger partial charge >= 0.3 is 11.8 Å². The average molecular weight is 476 g/mol. The van der Waals surface area contributed by atoms with E-state index in [4.69, 9.17) is 9.47 Å². The lowest BCUT2D eigenvalue weighted by Crippen LogP contribution is -2.37. The summed E-state index contributed by atoms with van der Waals surface area (Å²) in [7, 11) is -3.44. The van der Waals surface area contributed by atoms with Gasteiger partial charge in [-0.3, -0.25) is 13.9 Å². The molecule has 1 atom stereocenters. The molecule has 0 fully saturated rings. The molecule has 2 aromatic rings. The van der Waals surface area contributed by atoms with E-state index in [1.165, 1.54) is 4.31 Å². The van der Waals surface area contributed by atoms with Gasteiger partial charge in [-0.25, -0.2) is 8.42 Å². The molecule has 11 heteroatoms. The number of fused-ring (bicyclic) bond motifs is 2. The van der Waals surface area contributed by atoms with E-state index in [1.54, 1.807) is 36.4 Å². The first-order chi connectivity index (χ1) is 15.7. The number of hydrogen-bond acceptors (Lipinski definition) is 7. The summed E-state index contributed by atoms with van der Waals surface area (Å²) in [5.41, 5.74) is 2.31. The van der Waals surface area contributed by atoms with Gasteiger partial charge in [0.05, 0.1) is 18.0 Å². The first-order valence-corrected chi connectivity index (χ1v) is 12.3. The Labute approximate surface area is 191 Å². The molecule has 0 aromatic heterocycles. The molecule has 3 N–H and O–H groups in total. The maximum absolute atomic E-state index is 12.3. The highest BCUT2D eigenvalue weighted by atomic mass is 32.2. The zero-order chi connectivity index (χ0) is 23.6. The number of hydrogen-bond donors (Lipinski definition) is 3. The van der Waals surface area contributed by atoms with Crippen LogP contribution in [0.4, 0.5) is 11.4 Å². The Morgan fingerprint density at radius 3 is 2.70 bits per heavy atom. The van der Waals surface area contributed by atoms with Crippen molar-refractivity contribution in [1.29, 1.82) is 0 Å². The number of rotatable bonds is 6. The zero-order valence-corrected chi connectivity index (χ0v) is 18.9. The van der Waals surface area contributed by atoms with Crippen molar-refractivity contribution in [2.45, 2.75) is 25.4 Å². The monoisotopic (exact) mass is 475 g/mol. The van der Waals surface area contributed by atoms with Gasteiger partial charge in [0.15, 0.2) is 11.5 Å². The summed E-state index contributed by atoms with van der Waals surface area (Å²) >= 11 is 0. The third-order valence-corrected chi connectivity index (χ3v) is 6.69. The van der Waals surface area contributed by atoms with Crippen molar-refractivity contribution in [2.75, 3.05) is 35.8 Å². The number of benzene rings is 2. The first-order valence-electron chi connectivity index (χ1n) is 10.5. The van der Waals surface area contributed by atoms with Crippen LogP contribution >= 0.6 is 0 Å². The zero-order valence-electron chi connectivity index (χ0n) is 18.0. The van der Waals surface area contributed by atoms with Crippen LogP contribution in [-0.4, -0.2) is 51.5 Å². The molecular formula is C22H25N3O7S. The van der Waals surface area contributed by atoms with Crippen molar-refractivity contribution in [3.63, 3.8) is 0 Å². The number of aryl methyl sites for hydroxylation is 1. The summed E-state index contributed by atoms with van der Waals surface area (Å²) in [6.07, 6.45) is 1.93. The summed E-state index contributed by atoms with van der Waals surface area (Å²) in [6, 6.07) is 10.0. The van der Waals surface area contributed by atoms with Crippen molar-refractivity contribution in [3.8, 4) is 11.5 Å². The topological polar surface area (TPSA) is 134 Å². The number of ether oxygens (including phenoxy) is 2. The Hall–Kier alpha value is -3.31. The van der Waals surface area contributed by atoms with Crippen LogP contribution in [0, 0.1) is 0 Å². The van der Waals surface area contributed by atoms with E-state index in [-0.39, 0.29) is 19.8 Å². The van der Waals surface area contributed by atoms with Gasteiger partial charge in [-0.1, -0.05) is 12.1 Å². The predicted molar refractivity (Wildman–Crippen MR) is 121 cm³/mol. The number of carbonyl (C=O) groups is 2. The van der Waals surface area contributed by atoms with Crippen molar-refractivity contribution < 1.29 is 32.6 Å². The lowest BCUT2D eigenvalue weighted by atomic mass is 10.0. The standard InChI is InChI=1S/C22H25N3O7S/c1-33(29,30)25-10-2-3-14-4-6-16(12-17(14)25)24-22(28)21(27)23-9-8-18(26)15-5-7-19-20(11-15)32-13-31-19/h4-7,11-12,18,26H,2-3,8-10,13H2,1H3,(H,23,27)(H,24,28). The second kappa shape index (κ2) is 9.28. The largest absolute Gasteiger partial charge is 0.454 e. The molecule has 0 spiro atoms. The number of aliphatic hydroxyl groups is 1. The molecule has 0 bridgehead atoms. The number of nitrogens with one attached hydrogen (secondary N) is 2. The van der Waals surface area contributed by atoms with E-state index in [0.29, 0.717) is 41.4 Å². The molecule has 4 rings (SSSR count). The molecule has 0 radical (unpaired) electrons. The fraction of sp³-hybridized carbons (Fsp3) is 0.364. The van der Waals surface area contributed by atoms with Gasteiger partial charge in [-0.15, -0.1) is 0 Å². The van der Waals surface area contributed by atoms with Crippen LogP contribution in [0.1, 0.15) is 30.1 Å². The predicted octanol–water partition coefficient (Wildman–Crippen LogP) is 1.31. The molecule has 0 aliphatic carbocycles. The van der Waals surface area contributed by atoms with Gasteiger partial charge < -0.3 is 25.2 Å². The van der Waals surface area contributed by atoms with Crippen molar-refractivity contribution in [2.24, 2.45) is 0 Å². The first kappa shape index (κ1) is 22.9. The van der Waals surface area contributed by atoms with Crippen LogP contribution in [0.25, 0.3) is 0 Å². The normalized spacial score (nSPS) is 15.5. The van der Waals surface area contributed by atoms with Gasteiger partial charge in [0.25, 0.3) is 0 Å². The van der Waals surface area contributed by atoms with E-state index < -0.39 is 27.9 Å². The lowest BCUT2D eigenvalue weighted by Gasteiger charge is -2.29. The van der Waals surface area contributed by atoms with Crippen molar-refractivity contribution >= 4 is 33.2 Å². The number of nitrogens with zero attached hydrogens (tertiary/aromatic N) is 1. The van der Waals surface area contributed by atoms with Crippen LogP contribution in [0.15, 0.2) is 36.4 Å². The number of sulfonamides is 1. The fourth-order valence-electron chi connectivity index (χ4n) is 3.84. The van der Waals surface area contributed by atoms with E-state index in [0.717, 1.165) is 18.2 Å². The quantitative estimate of drug-likeness (QED) is 0.536. The molecule has 2 amide bonds. The fourth-order valence-corrected chi connectivity index (χ4v) is 4.83. The minimum Gasteiger partial charge on any atom is -0.454 e. The van der Waals surface area contributed by atoms with Gasteiger partial charge in [0, 0.05) is 18.8 Å². The van der Waals surface area contributed by atoms with Gasteiger partial charge in [0.1, 0.15) is 0 Å². The van der Waals surface area contributed by atoms with E-state index in [1.807, 2.05) is 0 Å². The summed E-state index contributed by atoms with van der Waals surface area (Å²) in [5, 5.41) is 15.3. The third kappa shape index (κ3) is 5.20. The number of carbonyl (C=O) groups excluding carboxylic acids is 2. The third-order valence-electron chi connectivity index (χ3n) is 5.51. The average Bonchev–Trinajstić information content (AvgIpc) is 3.25. The van der Waals surface area contributed by atoms with Crippen LogP contribution in [0.5, 0.6) is 11.5 Å². The molecule has 2 aliphatic heterocycles. The molecule has 0 saturated carbocycles. The maximum Gasteiger partial charge on any atom is 0.313 e. The van der Waals surface area contributed by atoms with Gasteiger partial charge in [-0.2, -0.15) is 0 Å². The molecule has 10 nitrogen and oxygen atoms in total. The molecule has 2 aliphatic rings. The lowest BCUT2D eigenvalue weighted by molar-refractivity contribution is -0.136. The number of aliphatic hydroxyl groups excluding tert-OH is 1. The number of anilines is 2. The second-order valence-electron chi connectivity index (χ2n) is 7.91. The highest BCUT2D eigenvalue weighted by Gasteiger charge is 2.25. The molecule has 176 valence electrons. The molecule has 0 saturated heterocycles. The van der Waals surface area contributed by atoms with Crippen molar-refractivity contribution in [3.05, 3.63) is 47.5 Å². The van der Waals surface area contributed by atoms with E-state index >= 15 is 0 Å². The Balaban J connectivity index is 1.31. The molecule has 2 heterocycles. The molecule has 33 heavy (non-hydrogen) atoms. The highest BCUT2D eigenvalue weighted by Crippen LogP contribution is 2.35. The Bertz CT molecular complexity index is 1180. The van der Waals surface area contributed by atoms with Gasteiger partial charge in [-0.05, 0) is 54.7 Å². The molecular weight excluding hydrogens is 450 g/mol. The molecule has 2 aromatic carbocycles. The van der Waals surface area contributed by atoms with Gasteiger partial charge in [0.2, 0.25) is 16.8 Å². The maximum atomic E-state index is 12.3. The van der Waals surface area contributed by atoms with E-state index in [2.05, 4.69) is 10.6 Å². The summed E-state index contributed by atoms with van der Waals surface area (Å²) in [5.74, 6) is -0.577. The Morgan fingerprint density at radius 2 is 1.91 bits per heavy atom. The highest BCUT2D eigenvalue weighted by molar-refractivity contribution is 7.92. The van der Waals surface area contributed by atoms with Crippen LogP contribution < -0.4 is 24.4 Å². The minimum atomic E-state index is -3.44. The van der Waals surface area contributed by atoms with Crippen LogP contribution in [0.3, 0.4) is 0 Å². The smallest absolute Gasteiger partial charge is 0.313 e. The van der Waals surface area contributed by atoms with Crippen LogP contribution in [-0.2, 0) is 26.0 Å². The second-order valence-corrected chi connectivity index (χ2v) is 9.82. The van der Waals surface area contributed by atoms with E-state index in [9.17, 15) is 23.1 Å². The summed E-state index contributed by atoms with van der Waals surface area (Å²) in [6.45, 7) is 0.583. The summed E-state index contributed by atoms with van der Waals surface area (Å²) < 4.78 is 36.0. The Kier molecular flexibility index (Phi) is 6.43. The summed E-state index contributed by atoms with van der Waals surface area (Å²) in [4.78, 5) is 24.5. The van der Waals surface area contributed by atoms with Crippen molar-refractivity contribution in [1.82, 2.24) is 5.32 Å². The molecule has 1 unspecified atom stereocenters. The SMILES string of the molecule is CS(=O)(=O)N1CCCc2ccc(NC(=O)C(=O)NCCC(O)c3ccc4c(c3)OCO4)cc21.